The van der Waals surface area contributed by atoms with Gasteiger partial charge in [0.15, 0.2) is 5.82 Å². The van der Waals surface area contributed by atoms with Crippen molar-refractivity contribution in [2.75, 3.05) is 5.73 Å². The molecule has 0 aliphatic heterocycles. The third kappa shape index (κ3) is 1.51. The Labute approximate surface area is 103 Å². The SMILES string of the molecule is Cc1cc2c(nc1Cl)c(N)nc1ccccc12. The smallest absolute Gasteiger partial charge is 0.150 e. The van der Waals surface area contributed by atoms with Gasteiger partial charge in [0.05, 0.1) is 5.52 Å². The average Bonchev–Trinajstić information content (AvgIpc) is 2.32. The number of fused-ring (bicyclic) bond motifs is 3. The molecule has 1 aromatic carbocycles. The van der Waals surface area contributed by atoms with Crippen molar-refractivity contribution >= 4 is 39.2 Å². The maximum Gasteiger partial charge on any atom is 0.150 e. The molecule has 0 fully saturated rings. The summed E-state index contributed by atoms with van der Waals surface area (Å²) in [5, 5.41) is 2.51. The zero-order chi connectivity index (χ0) is 12.0. The van der Waals surface area contributed by atoms with E-state index in [-0.39, 0.29) is 0 Å². The van der Waals surface area contributed by atoms with Crippen LogP contribution >= 0.6 is 11.6 Å². The minimum Gasteiger partial charge on any atom is -0.382 e. The Morgan fingerprint density at radius 3 is 2.71 bits per heavy atom. The van der Waals surface area contributed by atoms with E-state index in [1.165, 1.54) is 0 Å². The fourth-order valence-corrected chi connectivity index (χ4v) is 2.11. The first-order chi connectivity index (χ1) is 8.16. The van der Waals surface area contributed by atoms with E-state index < -0.39 is 0 Å². The van der Waals surface area contributed by atoms with Gasteiger partial charge in [-0.2, -0.15) is 0 Å². The maximum atomic E-state index is 6.02. The van der Waals surface area contributed by atoms with Crippen LogP contribution in [-0.2, 0) is 0 Å². The number of halogens is 1. The lowest BCUT2D eigenvalue weighted by atomic mass is 10.1. The Kier molecular flexibility index (Phi) is 2.16. The van der Waals surface area contributed by atoms with Crippen LogP contribution in [0.3, 0.4) is 0 Å². The van der Waals surface area contributed by atoms with Crippen molar-refractivity contribution in [2.24, 2.45) is 0 Å². The molecule has 2 aromatic heterocycles. The van der Waals surface area contributed by atoms with Crippen LogP contribution in [-0.4, -0.2) is 9.97 Å². The standard InChI is InChI=1S/C13H10ClN3/c1-7-6-9-8-4-2-3-5-10(8)16-13(15)11(9)17-12(7)14/h2-6H,1H3,(H2,15,16). The summed E-state index contributed by atoms with van der Waals surface area (Å²) >= 11 is 6.02. The second kappa shape index (κ2) is 3.57. The Hall–Kier alpha value is -1.87. The van der Waals surface area contributed by atoms with Crippen molar-refractivity contribution in [1.82, 2.24) is 9.97 Å². The summed E-state index contributed by atoms with van der Waals surface area (Å²) in [6, 6.07) is 9.87. The van der Waals surface area contributed by atoms with Gasteiger partial charge in [-0.05, 0) is 24.6 Å². The van der Waals surface area contributed by atoms with Crippen LogP contribution in [0.2, 0.25) is 5.15 Å². The second-order valence-corrected chi connectivity index (χ2v) is 4.36. The lowest BCUT2D eigenvalue weighted by molar-refractivity contribution is 1.31. The van der Waals surface area contributed by atoms with Crippen molar-refractivity contribution < 1.29 is 0 Å². The molecule has 0 saturated heterocycles. The number of nitrogens with two attached hydrogens (primary N) is 1. The lowest BCUT2D eigenvalue weighted by Gasteiger charge is -2.07. The van der Waals surface area contributed by atoms with Crippen LogP contribution in [0.4, 0.5) is 5.82 Å². The first-order valence-corrected chi connectivity index (χ1v) is 5.65. The zero-order valence-electron chi connectivity index (χ0n) is 9.24. The molecule has 17 heavy (non-hydrogen) atoms. The summed E-state index contributed by atoms with van der Waals surface area (Å²) in [5.74, 6) is 0.417. The number of pyridine rings is 2. The van der Waals surface area contributed by atoms with Gasteiger partial charge in [0, 0.05) is 10.8 Å². The van der Waals surface area contributed by atoms with E-state index in [0.29, 0.717) is 16.5 Å². The summed E-state index contributed by atoms with van der Waals surface area (Å²) in [5.41, 5.74) is 8.39. The van der Waals surface area contributed by atoms with E-state index in [4.69, 9.17) is 17.3 Å². The molecule has 0 radical (unpaired) electrons. The van der Waals surface area contributed by atoms with Crippen molar-refractivity contribution in [3.05, 3.63) is 41.0 Å². The molecule has 2 N–H and O–H groups in total. The number of aryl methyl sites for hydroxylation is 1. The molecule has 0 unspecified atom stereocenters. The van der Waals surface area contributed by atoms with Gasteiger partial charge in [-0.25, -0.2) is 9.97 Å². The highest BCUT2D eigenvalue weighted by Gasteiger charge is 2.09. The molecule has 3 nitrogen and oxygen atoms in total. The highest BCUT2D eigenvalue weighted by molar-refractivity contribution is 6.31. The number of benzene rings is 1. The molecule has 3 aromatic rings. The van der Waals surface area contributed by atoms with Gasteiger partial charge in [-0.1, -0.05) is 29.8 Å². The highest BCUT2D eigenvalue weighted by Crippen LogP contribution is 2.29. The van der Waals surface area contributed by atoms with Gasteiger partial charge < -0.3 is 5.73 Å². The van der Waals surface area contributed by atoms with Gasteiger partial charge in [0.1, 0.15) is 10.7 Å². The normalized spacial score (nSPS) is 11.2. The quantitative estimate of drug-likeness (QED) is 0.487. The molecule has 0 bridgehead atoms. The average molecular weight is 244 g/mol. The molecule has 4 heteroatoms. The number of para-hydroxylation sites is 1. The Bertz CT molecular complexity index is 737. The van der Waals surface area contributed by atoms with Crippen LogP contribution in [0, 0.1) is 6.92 Å². The highest BCUT2D eigenvalue weighted by atomic mass is 35.5. The van der Waals surface area contributed by atoms with Crippen LogP contribution in [0.25, 0.3) is 21.8 Å². The summed E-state index contributed by atoms with van der Waals surface area (Å²) in [6.45, 7) is 1.93. The number of aromatic nitrogens is 2. The number of anilines is 1. The van der Waals surface area contributed by atoms with E-state index in [9.17, 15) is 0 Å². The van der Waals surface area contributed by atoms with Gasteiger partial charge in [-0.3, -0.25) is 0 Å². The fraction of sp³-hybridized carbons (Fsp3) is 0.0769. The van der Waals surface area contributed by atoms with Crippen LogP contribution < -0.4 is 5.73 Å². The van der Waals surface area contributed by atoms with E-state index >= 15 is 0 Å². The second-order valence-electron chi connectivity index (χ2n) is 4.01. The molecule has 0 aliphatic carbocycles. The van der Waals surface area contributed by atoms with Crippen LogP contribution in [0.1, 0.15) is 5.56 Å². The van der Waals surface area contributed by atoms with Crippen molar-refractivity contribution in [2.45, 2.75) is 6.92 Å². The molecular weight excluding hydrogens is 234 g/mol. The van der Waals surface area contributed by atoms with E-state index in [1.807, 2.05) is 37.3 Å². The largest absolute Gasteiger partial charge is 0.382 e. The molecule has 0 atom stereocenters. The molecule has 0 amide bonds. The van der Waals surface area contributed by atoms with Gasteiger partial charge in [-0.15, -0.1) is 0 Å². The summed E-state index contributed by atoms with van der Waals surface area (Å²) in [6.07, 6.45) is 0. The van der Waals surface area contributed by atoms with Gasteiger partial charge in [0.2, 0.25) is 0 Å². The first-order valence-electron chi connectivity index (χ1n) is 5.28. The number of nitrogen functional groups attached to an aromatic ring is 1. The number of hydrogen-bond donors (Lipinski definition) is 1. The summed E-state index contributed by atoms with van der Waals surface area (Å²) < 4.78 is 0. The van der Waals surface area contributed by atoms with Gasteiger partial charge in [0.25, 0.3) is 0 Å². The summed E-state index contributed by atoms with van der Waals surface area (Å²) in [4.78, 5) is 8.63. The van der Waals surface area contributed by atoms with Crippen molar-refractivity contribution in [3.63, 3.8) is 0 Å². The van der Waals surface area contributed by atoms with Crippen molar-refractivity contribution in [3.8, 4) is 0 Å². The maximum absolute atomic E-state index is 6.02. The molecule has 0 spiro atoms. The van der Waals surface area contributed by atoms with Crippen LogP contribution in [0.15, 0.2) is 30.3 Å². The number of nitrogens with zero attached hydrogens (tertiary/aromatic N) is 2. The Morgan fingerprint density at radius 1 is 1.12 bits per heavy atom. The molecule has 3 rings (SSSR count). The third-order valence-corrected chi connectivity index (χ3v) is 3.21. The Balaban J connectivity index is 2.60. The predicted octanol–water partition coefficient (Wildman–Crippen LogP) is 3.33. The number of rotatable bonds is 0. The first kappa shape index (κ1) is 10.3. The zero-order valence-corrected chi connectivity index (χ0v) is 9.99. The molecule has 84 valence electrons. The molecule has 2 heterocycles. The molecule has 0 aliphatic rings. The van der Waals surface area contributed by atoms with Crippen molar-refractivity contribution in [1.29, 1.82) is 0 Å². The molecule has 0 saturated carbocycles. The topological polar surface area (TPSA) is 51.8 Å². The third-order valence-electron chi connectivity index (χ3n) is 2.83. The number of hydrogen-bond acceptors (Lipinski definition) is 3. The van der Waals surface area contributed by atoms with Gasteiger partial charge >= 0.3 is 0 Å². The monoisotopic (exact) mass is 243 g/mol. The van der Waals surface area contributed by atoms with E-state index in [0.717, 1.165) is 21.9 Å². The minimum absolute atomic E-state index is 0.417. The Morgan fingerprint density at radius 2 is 1.88 bits per heavy atom. The summed E-state index contributed by atoms with van der Waals surface area (Å²) in [7, 11) is 0. The minimum atomic E-state index is 0.417. The van der Waals surface area contributed by atoms with Crippen LogP contribution in [0.5, 0.6) is 0 Å². The lowest BCUT2D eigenvalue weighted by Crippen LogP contribution is -1.96. The fourth-order valence-electron chi connectivity index (χ4n) is 1.97. The molecular formula is C13H10ClN3. The predicted molar refractivity (Wildman–Crippen MR) is 71.2 cm³/mol. The van der Waals surface area contributed by atoms with E-state index in [1.54, 1.807) is 0 Å². The van der Waals surface area contributed by atoms with E-state index in [2.05, 4.69) is 9.97 Å².